The summed E-state index contributed by atoms with van der Waals surface area (Å²) in [6.07, 6.45) is 0.811. The van der Waals surface area contributed by atoms with E-state index in [1.807, 2.05) is 24.3 Å². The second kappa shape index (κ2) is 7.22. The van der Waals surface area contributed by atoms with Gasteiger partial charge in [0.2, 0.25) is 0 Å². The Morgan fingerprint density at radius 2 is 1.95 bits per heavy atom. The van der Waals surface area contributed by atoms with E-state index in [0.29, 0.717) is 17.3 Å². The third-order valence-corrected chi connectivity index (χ3v) is 3.15. The molecule has 0 bridgehead atoms. The molecule has 104 valence electrons. The highest BCUT2D eigenvalue weighted by atomic mass is 35.5. The fraction of sp³-hybridized carbons (Fsp3) is 0.133. The zero-order chi connectivity index (χ0) is 14.4. The summed E-state index contributed by atoms with van der Waals surface area (Å²) in [7, 11) is 0. The minimum absolute atomic E-state index is 0.295. The van der Waals surface area contributed by atoms with Crippen LogP contribution in [0.25, 0.3) is 0 Å². The fourth-order valence-electron chi connectivity index (χ4n) is 1.75. The van der Waals surface area contributed by atoms with Crippen LogP contribution in [0.5, 0.6) is 0 Å². The predicted molar refractivity (Wildman–Crippen MR) is 85.8 cm³/mol. The number of benzene rings is 2. The fourth-order valence-corrected chi connectivity index (χ4v) is 2.19. The van der Waals surface area contributed by atoms with E-state index in [1.165, 1.54) is 12.1 Å². The molecule has 0 fully saturated rings. The normalized spacial score (nSPS) is 10.1. The lowest BCUT2D eigenvalue weighted by molar-refractivity contribution is 0.628. The van der Waals surface area contributed by atoms with Gasteiger partial charge < -0.3 is 10.6 Å². The summed E-state index contributed by atoms with van der Waals surface area (Å²) < 4.78 is 13.0. The van der Waals surface area contributed by atoms with Crippen molar-refractivity contribution in [3.8, 4) is 0 Å². The molecule has 2 aromatic rings. The molecule has 20 heavy (non-hydrogen) atoms. The molecule has 0 radical (unpaired) electrons. The van der Waals surface area contributed by atoms with Crippen LogP contribution in [0.15, 0.2) is 48.5 Å². The Bertz CT molecular complexity index is 604. The van der Waals surface area contributed by atoms with Crippen molar-refractivity contribution in [1.29, 1.82) is 0 Å². The van der Waals surface area contributed by atoms with Gasteiger partial charge in [0.1, 0.15) is 5.82 Å². The zero-order valence-electron chi connectivity index (χ0n) is 10.7. The summed E-state index contributed by atoms with van der Waals surface area (Å²) in [6.45, 7) is 0.682. The molecule has 2 aromatic carbocycles. The minimum atomic E-state index is -0.295. The van der Waals surface area contributed by atoms with Crippen LogP contribution in [-0.4, -0.2) is 11.7 Å². The third kappa shape index (κ3) is 4.79. The Morgan fingerprint density at radius 3 is 2.70 bits per heavy atom. The molecular weight excluding hydrogens is 295 g/mol. The Morgan fingerprint density at radius 1 is 1.15 bits per heavy atom. The maximum absolute atomic E-state index is 13.0. The third-order valence-electron chi connectivity index (χ3n) is 2.67. The number of thiocarbonyl (C=S) groups is 1. The van der Waals surface area contributed by atoms with Gasteiger partial charge in [0.05, 0.1) is 0 Å². The maximum Gasteiger partial charge on any atom is 0.170 e. The summed E-state index contributed by atoms with van der Waals surface area (Å²) in [5, 5.41) is 7.20. The number of hydrogen-bond acceptors (Lipinski definition) is 1. The van der Waals surface area contributed by atoms with Crippen molar-refractivity contribution in [3.63, 3.8) is 0 Å². The van der Waals surface area contributed by atoms with Gasteiger partial charge >= 0.3 is 0 Å². The maximum atomic E-state index is 13.0. The summed E-state index contributed by atoms with van der Waals surface area (Å²) >= 11 is 11.1. The first-order chi connectivity index (χ1) is 9.63. The SMILES string of the molecule is Fc1cccc(NC(=S)NCCc2cccc(Cl)c2)c1. The van der Waals surface area contributed by atoms with E-state index in [0.717, 1.165) is 17.0 Å². The lowest BCUT2D eigenvalue weighted by Gasteiger charge is -2.10. The van der Waals surface area contributed by atoms with Gasteiger partial charge in [0, 0.05) is 17.3 Å². The van der Waals surface area contributed by atoms with E-state index in [4.69, 9.17) is 23.8 Å². The first-order valence-electron chi connectivity index (χ1n) is 6.18. The van der Waals surface area contributed by atoms with Crippen LogP contribution >= 0.6 is 23.8 Å². The highest BCUT2D eigenvalue weighted by molar-refractivity contribution is 7.80. The van der Waals surface area contributed by atoms with Crippen LogP contribution < -0.4 is 10.6 Å². The number of hydrogen-bond donors (Lipinski definition) is 2. The highest BCUT2D eigenvalue weighted by Gasteiger charge is 1.99. The largest absolute Gasteiger partial charge is 0.362 e. The van der Waals surface area contributed by atoms with Gasteiger partial charge in [0.25, 0.3) is 0 Å². The minimum Gasteiger partial charge on any atom is -0.362 e. The Balaban J connectivity index is 1.78. The number of anilines is 1. The van der Waals surface area contributed by atoms with E-state index in [-0.39, 0.29) is 5.82 Å². The molecule has 2 N–H and O–H groups in total. The molecule has 2 nitrogen and oxygen atoms in total. The molecule has 0 spiro atoms. The average molecular weight is 309 g/mol. The first kappa shape index (κ1) is 14.8. The summed E-state index contributed by atoms with van der Waals surface area (Å²) in [6, 6.07) is 13.9. The van der Waals surface area contributed by atoms with E-state index in [9.17, 15) is 4.39 Å². The molecule has 0 aliphatic heterocycles. The van der Waals surface area contributed by atoms with Crippen LogP contribution in [0.1, 0.15) is 5.56 Å². The molecule has 0 aromatic heterocycles. The lowest BCUT2D eigenvalue weighted by Crippen LogP contribution is -2.30. The number of rotatable bonds is 4. The summed E-state index contributed by atoms with van der Waals surface area (Å²) in [4.78, 5) is 0. The van der Waals surface area contributed by atoms with Crippen molar-refractivity contribution in [1.82, 2.24) is 5.32 Å². The molecule has 0 aliphatic carbocycles. The second-order valence-corrected chi connectivity index (χ2v) is 5.12. The molecule has 0 aliphatic rings. The predicted octanol–water partition coefficient (Wildman–Crippen LogP) is 4.01. The van der Waals surface area contributed by atoms with Crippen molar-refractivity contribution in [3.05, 3.63) is 64.9 Å². The van der Waals surface area contributed by atoms with Gasteiger partial charge in [0.15, 0.2) is 5.11 Å². The quantitative estimate of drug-likeness (QED) is 0.835. The van der Waals surface area contributed by atoms with Crippen molar-refractivity contribution in [2.45, 2.75) is 6.42 Å². The Kier molecular flexibility index (Phi) is 5.32. The van der Waals surface area contributed by atoms with E-state index >= 15 is 0 Å². The van der Waals surface area contributed by atoms with Gasteiger partial charge in [-0.2, -0.15) is 0 Å². The molecule has 0 atom stereocenters. The standard InChI is InChI=1S/C15H14ClFN2S/c16-12-4-1-3-11(9-12)7-8-18-15(20)19-14-6-2-5-13(17)10-14/h1-6,9-10H,7-8H2,(H2,18,19,20). The molecule has 2 rings (SSSR count). The second-order valence-electron chi connectivity index (χ2n) is 4.27. The van der Waals surface area contributed by atoms with E-state index < -0.39 is 0 Å². The molecule has 0 saturated heterocycles. The van der Waals surface area contributed by atoms with E-state index in [2.05, 4.69) is 10.6 Å². The van der Waals surface area contributed by atoms with Crippen LogP contribution in [0, 0.1) is 5.82 Å². The molecule has 0 amide bonds. The number of halogens is 2. The van der Waals surface area contributed by atoms with Gasteiger partial charge in [-0.3, -0.25) is 0 Å². The monoisotopic (exact) mass is 308 g/mol. The molecule has 0 heterocycles. The smallest absolute Gasteiger partial charge is 0.170 e. The topological polar surface area (TPSA) is 24.1 Å². The first-order valence-corrected chi connectivity index (χ1v) is 6.97. The van der Waals surface area contributed by atoms with Crippen molar-refractivity contribution in [2.24, 2.45) is 0 Å². The molecule has 0 unspecified atom stereocenters. The van der Waals surface area contributed by atoms with E-state index in [1.54, 1.807) is 12.1 Å². The zero-order valence-corrected chi connectivity index (χ0v) is 12.3. The molecule has 5 heteroatoms. The molecule has 0 saturated carbocycles. The van der Waals surface area contributed by atoms with Crippen LogP contribution in [0.3, 0.4) is 0 Å². The summed E-state index contributed by atoms with van der Waals surface area (Å²) in [5.74, 6) is -0.295. The number of nitrogens with one attached hydrogen (secondary N) is 2. The molecular formula is C15H14ClFN2S. The van der Waals surface area contributed by atoms with Gasteiger partial charge in [-0.25, -0.2) is 4.39 Å². The average Bonchev–Trinajstić information content (AvgIpc) is 2.38. The van der Waals surface area contributed by atoms with Crippen molar-refractivity contribution in [2.75, 3.05) is 11.9 Å². The Hall–Kier alpha value is -1.65. The van der Waals surface area contributed by atoms with Crippen LogP contribution in [0.4, 0.5) is 10.1 Å². The van der Waals surface area contributed by atoms with Crippen LogP contribution in [0.2, 0.25) is 5.02 Å². The van der Waals surface area contributed by atoms with Gasteiger partial charge in [-0.05, 0) is 54.5 Å². The highest BCUT2D eigenvalue weighted by Crippen LogP contribution is 2.11. The lowest BCUT2D eigenvalue weighted by atomic mass is 10.1. The Labute approximate surface area is 128 Å². The van der Waals surface area contributed by atoms with Gasteiger partial charge in [-0.15, -0.1) is 0 Å². The van der Waals surface area contributed by atoms with Crippen molar-refractivity contribution < 1.29 is 4.39 Å². The summed E-state index contributed by atoms with van der Waals surface area (Å²) in [5.41, 5.74) is 1.77. The van der Waals surface area contributed by atoms with Crippen molar-refractivity contribution >= 4 is 34.6 Å². The van der Waals surface area contributed by atoms with Gasteiger partial charge in [-0.1, -0.05) is 29.8 Å². The van der Waals surface area contributed by atoms with Crippen LogP contribution in [-0.2, 0) is 6.42 Å².